The normalized spacial score (nSPS) is 19.3. The average Bonchev–Trinajstić information content (AvgIpc) is 2.45. The second kappa shape index (κ2) is 7.79. The van der Waals surface area contributed by atoms with Crippen LogP contribution in [0.5, 0.6) is 0 Å². The molecular weight excluding hydrogens is 263 g/mol. The van der Waals surface area contributed by atoms with Gasteiger partial charge in [0.05, 0.1) is 5.69 Å². The SMILES string of the molecule is CC(C)CCNCc1ccc(F)c(N2CCCC(C)C2)c1. The first-order chi connectivity index (χ1) is 10.1. The Labute approximate surface area is 128 Å². The number of halogens is 1. The summed E-state index contributed by atoms with van der Waals surface area (Å²) in [6, 6.07) is 5.54. The molecule has 1 N–H and O–H groups in total. The van der Waals surface area contributed by atoms with Crippen molar-refractivity contribution in [2.75, 3.05) is 24.5 Å². The minimum atomic E-state index is -0.0879. The molecule has 1 heterocycles. The van der Waals surface area contributed by atoms with Crippen molar-refractivity contribution in [2.24, 2.45) is 11.8 Å². The van der Waals surface area contributed by atoms with Gasteiger partial charge >= 0.3 is 0 Å². The van der Waals surface area contributed by atoms with Gasteiger partial charge in [0.1, 0.15) is 5.82 Å². The molecular formula is C18H29FN2. The molecule has 3 heteroatoms. The van der Waals surface area contributed by atoms with Gasteiger partial charge in [0.25, 0.3) is 0 Å². The standard InChI is InChI=1S/C18H29FN2/c1-14(2)8-9-20-12-16-6-7-17(19)18(11-16)21-10-4-5-15(3)13-21/h6-7,11,14-15,20H,4-5,8-10,12-13H2,1-3H3. The molecule has 0 saturated carbocycles. The van der Waals surface area contributed by atoms with Crippen LogP contribution in [0.4, 0.5) is 10.1 Å². The lowest BCUT2D eigenvalue weighted by atomic mass is 9.99. The number of anilines is 1. The average molecular weight is 292 g/mol. The summed E-state index contributed by atoms with van der Waals surface area (Å²) >= 11 is 0. The molecule has 1 aromatic carbocycles. The van der Waals surface area contributed by atoms with Crippen molar-refractivity contribution in [3.05, 3.63) is 29.6 Å². The van der Waals surface area contributed by atoms with Crippen molar-refractivity contribution in [2.45, 2.75) is 46.6 Å². The Morgan fingerprint density at radius 3 is 2.90 bits per heavy atom. The number of benzene rings is 1. The molecule has 118 valence electrons. The molecule has 1 unspecified atom stereocenters. The minimum Gasteiger partial charge on any atom is -0.369 e. The Morgan fingerprint density at radius 2 is 2.19 bits per heavy atom. The minimum absolute atomic E-state index is 0.0879. The van der Waals surface area contributed by atoms with Crippen LogP contribution >= 0.6 is 0 Å². The first-order valence-corrected chi connectivity index (χ1v) is 8.30. The van der Waals surface area contributed by atoms with Crippen LogP contribution in [0, 0.1) is 17.7 Å². The molecule has 1 atom stereocenters. The van der Waals surface area contributed by atoms with Gasteiger partial charge in [-0.25, -0.2) is 4.39 Å². The van der Waals surface area contributed by atoms with Crippen molar-refractivity contribution in [3.8, 4) is 0 Å². The van der Waals surface area contributed by atoms with E-state index in [0.29, 0.717) is 5.92 Å². The van der Waals surface area contributed by atoms with Gasteiger partial charge in [0.15, 0.2) is 0 Å². The third-order valence-corrected chi connectivity index (χ3v) is 4.24. The van der Waals surface area contributed by atoms with E-state index in [-0.39, 0.29) is 5.82 Å². The molecule has 0 radical (unpaired) electrons. The van der Waals surface area contributed by atoms with Crippen molar-refractivity contribution in [1.82, 2.24) is 5.32 Å². The van der Waals surface area contributed by atoms with E-state index in [1.54, 1.807) is 6.07 Å². The van der Waals surface area contributed by atoms with E-state index in [9.17, 15) is 4.39 Å². The Balaban J connectivity index is 1.96. The van der Waals surface area contributed by atoms with Gasteiger partial charge < -0.3 is 10.2 Å². The molecule has 2 rings (SSSR count). The van der Waals surface area contributed by atoms with E-state index < -0.39 is 0 Å². The topological polar surface area (TPSA) is 15.3 Å². The predicted octanol–water partition coefficient (Wildman–Crippen LogP) is 4.20. The van der Waals surface area contributed by atoms with Gasteiger partial charge in [-0.05, 0) is 55.3 Å². The summed E-state index contributed by atoms with van der Waals surface area (Å²) in [6.07, 6.45) is 3.60. The Bertz CT molecular complexity index is 445. The third kappa shape index (κ3) is 4.99. The van der Waals surface area contributed by atoms with Gasteiger partial charge in [-0.15, -0.1) is 0 Å². The van der Waals surface area contributed by atoms with Crippen LogP contribution in [0.2, 0.25) is 0 Å². The zero-order valence-corrected chi connectivity index (χ0v) is 13.7. The molecule has 1 saturated heterocycles. The zero-order chi connectivity index (χ0) is 15.2. The Hall–Kier alpha value is -1.09. The van der Waals surface area contributed by atoms with Gasteiger partial charge in [-0.2, -0.15) is 0 Å². The van der Waals surface area contributed by atoms with Gasteiger partial charge in [0.2, 0.25) is 0 Å². The fourth-order valence-electron chi connectivity index (χ4n) is 2.94. The summed E-state index contributed by atoms with van der Waals surface area (Å²) in [5.41, 5.74) is 1.96. The number of nitrogens with one attached hydrogen (secondary N) is 1. The molecule has 0 bridgehead atoms. The second-order valence-corrected chi connectivity index (χ2v) is 6.84. The van der Waals surface area contributed by atoms with Gasteiger partial charge in [-0.3, -0.25) is 0 Å². The van der Waals surface area contributed by atoms with Crippen LogP contribution in [0.1, 0.15) is 45.6 Å². The highest BCUT2D eigenvalue weighted by Crippen LogP contribution is 2.26. The maximum atomic E-state index is 14.1. The Morgan fingerprint density at radius 1 is 1.38 bits per heavy atom. The maximum Gasteiger partial charge on any atom is 0.146 e. The second-order valence-electron chi connectivity index (χ2n) is 6.84. The first kappa shape index (κ1) is 16.3. The summed E-state index contributed by atoms with van der Waals surface area (Å²) in [6.45, 7) is 10.5. The molecule has 0 spiro atoms. The number of hydrogen-bond donors (Lipinski definition) is 1. The van der Waals surface area contributed by atoms with Crippen LogP contribution in [-0.4, -0.2) is 19.6 Å². The lowest BCUT2D eigenvalue weighted by molar-refractivity contribution is 0.442. The Kier molecular flexibility index (Phi) is 6.04. The monoisotopic (exact) mass is 292 g/mol. The van der Waals surface area contributed by atoms with Gasteiger partial charge in [-0.1, -0.05) is 26.8 Å². The predicted molar refractivity (Wildman–Crippen MR) is 88.2 cm³/mol. The smallest absolute Gasteiger partial charge is 0.146 e. The highest BCUT2D eigenvalue weighted by molar-refractivity contribution is 5.50. The summed E-state index contributed by atoms with van der Waals surface area (Å²) in [4.78, 5) is 2.21. The van der Waals surface area contributed by atoms with E-state index in [1.807, 2.05) is 12.1 Å². The molecule has 0 aliphatic carbocycles. The van der Waals surface area contributed by atoms with E-state index in [2.05, 4.69) is 31.0 Å². The van der Waals surface area contributed by atoms with Crippen LogP contribution < -0.4 is 10.2 Å². The summed E-state index contributed by atoms with van der Waals surface area (Å²) in [5, 5.41) is 3.45. The van der Waals surface area contributed by atoms with Crippen LogP contribution in [0.25, 0.3) is 0 Å². The molecule has 0 amide bonds. The lowest BCUT2D eigenvalue weighted by Crippen LogP contribution is -2.34. The molecule has 1 fully saturated rings. The van der Waals surface area contributed by atoms with Crippen LogP contribution in [-0.2, 0) is 6.54 Å². The third-order valence-electron chi connectivity index (χ3n) is 4.24. The molecule has 2 nitrogen and oxygen atoms in total. The van der Waals surface area contributed by atoms with Crippen LogP contribution in [0.3, 0.4) is 0 Å². The molecule has 0 aromatic heterocycles. The lowest BCUT2D eigenvalue weighted by Gasteiger charge is -2.33. The van der Waals surface area contributed by atoms with E-state index in [0.717, 1.165) is 44.2 Å². The van der Waals surface area contributed by atoms with E-state index in [4.69, 9.17) is 0 Å². The van der Waals surface area contributed by atoms with Crippen LogP contribution in [0.15, 0.2) is 18.2 Å². The summed E-state index contributed by atoms with van der Waals surface area (Å²) in [7, 11) is 0. The highest BCUT2D eigenvalue weighted by atomic mass is 19.1. The largest absolute Gasteiger partial charge is 0.369 e. The molecule has 1 aliphatic rings. The fourth-order valence-corrected chi connectivity index (χ4v) is 2.94. The summed E-state index contributed by atoms with van der Waals surface area (Å²) < 4.78 is 14.1. The van der Waals surface area contributed by atoms with Gasteiger partial charge in [0, 0.05) is 19.6 Å². The first-order valence-electron chi connectivity index (χ1n) is 8.30. The molecule has 1 aromatic rings. The van der Waals surface area contributed by atoms with Crippen molar-refractivity contribution >= 4 is 5.69 Å². The summed E-state index contributed by atoms with van der Waals surface area (Å²) in [5.74, 6) is 1.29. The zero-order valence-electron chi connectivity index (χ0n) is 13.7. The highest BCUT2D eigenvalue weighted by Gasteiger charge is 2.19. The van der Waals surface area contributed by atoms with Crippen molar-refractivity contribution in [1.29, 1.82) is 0 Å². The molecule has 1 aliphatic heterocycles. The van der Waals surface area contributed by atoms with Crippen molar-refractivity contribution in [3.63, 3.8) is 0 Å². The quantitative estimate of drug-likeness (QED) is 0.791. The van der Waals surface area contributed by atoms with E-state index in [1.165, 1.54) is 18.4 Å². The maximum absolute atomic E-state index is 14.1. The van der Waals surface area contributed by atoms with E-state index >= 15 is 0 Å². The number of nitrogens with zero attached hydrogens (tertiary/aromatic N) is 1. The number of piperidine rings is 1. The fraction of sp³-hybridized carbons (Fsp3) is 0.667. The molecule has 21 heavy (non-hydrogen) atoms. The number of hydrogen-bond acceptors (Lipinski definition) is 2. The van der Waals surface area contributed by atoms with Crippen molar-refractivity contribution < 1.29 is 4.39 Å². The number of rotatable bonds is 6.